The van der Waals surface area contributed by atoms with Crippen molar-refractivity contribution in [1.82, 2.24) is 0 Å². The summed E-state index contributed by atoms with van der Waals surface area (Å²) in [6.45, 7) is 0. The van der Waals surface area contributed by atoms with Gasteiger partial charge in [0.2, 0.25) is 0 Å². The van der Waals surface area contributed by atoms with Gasteiger partial charge in [-0.2, -0.15) is 0 Å². The summed E-state index contributed by atoms with van der Waals surface area (Å²) in [4.78, 5) is 0. The van der Waals surface area contributed by atoms with E-state index < -0.39 is 5.82 Å². The lowest BCUT2D eigenvalue weighted by molar-refractivity contribution is 0.627. The third kappa shape index (κ3) is 1.34. The van der Waals surface area contributed by atoms with E-state index in [2.05, 4.69) is 12.1 Å². The lowest BCUT2D eigenvalue weighted by atomic mass is 10.0. The highest BCUT2D eigenvalue weighted by atomic mass is 19.1. The minimum atomic E-state index is -0.410. The maximum absolute atomic E-state index is 13.5. The van der Waals surface area contributed by atoms with Crippen LogP contribution in [0, 0.1) is 23.8 Å². The smallest absolute Gasteiger partial charge is 0.131 e. The summed E-state index contributed by atoms with van der Waals surface area (Å²) < 4.78 is 26.5. The molecule has 0 aliphatic heterocycles. The number of rotatable bonds is 0. The third-order valence-electron chi connectivity index (χ3n) is 2.61. The predicted octanol–water partition coefficient (Wildman–Crippen LogP) is 3.87. The van der Waals surface area contributed by atoms with Crippen LogP contribution in [0.3, 0.4) is 0 Å². The Morgan fingerprint density at radius 3 is 2.56 bits per heavy atom. The molecule has 0 aliphatic rings. The number of fused-ring (bicyclic) bond motifs is 2. The van der Waals surface area contributed by atoms with Crippen molar-refractivity contribution in [2.75, 3.05) is 0 Å². The molecule has 3 rings (SSSR count). The molecule has 0 heterocycles. The molecule has 16 heavy (non-hydrogen) atoms. The molecule has 3 aromatic carbocycles. The van der Waals surface area contributed by atoms with Gasteiger partial charge >= 0.3 is 0 Å². The molecule has 0 aliphatic carbocycles. The fourth-order valence-corrected chi connectivity index (χ4v) is 1.83. The molecule has 0 saturated heterocycles. The molecule has 2 radical (unpaired) electrons. The Morgan fingerprint density at radius 1 is 0.812 bits per heavy atom. The highest BCUT2D eigenvalue weighted by Gasteiger charge is 2.03. The third-order valence-corrected chi connectivity index (χ3v) is 2.61. The monoisotopic (exact) mass is 212 g/mol. The quantitative estimate of drug-likeness (QED) is 0.496. The number of halogens is 2. The zero-order chi connectivity index (χ0) is 11.1. The Kier molecular flexibility index (Phi) is 1.90. The molecule has 0 aromatic heterocycles. The van der Waals surface area contributed by atoms with E-state index in [0.29, 0.717) is 5.39 Å². The van der Waals surface area contributed by atoms with E-state index in [1.165, 1.54) is 18.2 Å². The second-order valence-corrected chi connectivity index (χ2v) is 3.65. The first-order valence-electron chi connectivity index (χ1n) is 4.84. The van der Waals surface area contributed by atoms with Gasteiger partial charge < -0.3 is 0 Å². The maximum Gasteiger partial charge on any atom is 0.131 e. The first kappa shape index (κ1) is 9.28. The fraction of sp³-hybridized carbons (Fsp3) is 0. The zero-order valence-corrected chi connectivity index (χ0v) is 8.22. The topological polar surface area (TPSA) is 0 Å². The van der Waals surface area contributed by atoms with Crippen molar-refractivity contribution in [3.8, 4) is 0 Å². The normalized spacial score (nSPS) is 11.1. The van der Waals surface area contributed by atoms with Crippen molar-refractivity contribution < 1.29 is 8.78 Å². The average Bonchev–Trinajstić information content (AvgIpc) is 2.27. The lowest BCUT2D eigenvalue weighted by Crippen LogP contribution is -1.82. The van der Waals surface area contributed by atoms with E-state index in [1.807, 2.05) is 0 Å². The summed E-state index contributed by atoms with van der Waals surface area (Å²) in [5, 5.41) is 2.76. The highest BCUT2D eigenvalue weighted by Crippen LogP contribution is 2.24. The van der Waals surface area contributed by atoms with E-state index in [4.69, 9.17) is 0 Å². The molecule has 0 atom stereocenters. The summed E-state index contributed by atoms with van der Waals surface area (Å²) >= 11 is 0. The van der Waals surface area contributed by atoms with Gasteiger partial charge in [-0.3, -0.25) is 0 Å². The van der Waals surface area contributed by atoms with Gasteiger partial charge in [-0.1, -0.05) is 0 Å². The molecule has 0 N–H and O–H groups in total. The Morgan fingerprint density at radius 2 is 1.69 bits per heavy atom. The van der Waals surface area contributed by atoms with Gasteiger partial charge in [-0.15, -0.1) is 0 Å². The molecule has 76 valence electrons. The van der Waals surface area contributed by atoms with Crippen LogP contribution >= 0.6 is 0 Å². The van der Waals surface area contributed by atoms with Gasteiger partial charge in [0.05, 0.1) is 0 Å². The number of hydrogen-bond acceptors (Lipinski definition) is 0. The summed E-state index contributed by atoms with van der Waals surface area (Å²) in [5.41, 5.74) is 0. The van der Waals surface area contributed by atoms with Crippen molar-refractivity contribution in [3.05, 3.63) is 60.2 Å². The van der Waals surface area contributed by atoms with E-state index in [1.54, 1.807) is 18.2 Å². The molecule has 0 fully saturated rings. The number of benzene rings is 3. The highest BCUT2D eigenvalue weighted by molar-refractivity contribution is 5.98. The molecule has 0 amide bonds. The van der Waals surface area contributed by atoms with Crippen LogP contribution in [0.1, 0.15) is 0 Å². The Bertz CT molecular complexity index is 686. The largest absolute Gasteiger partial charge is 0.206 e. The fourth-order valence-electron chi connectivity index (χ4n) is 1.83. The minimum absolute atomic E-state index is 0.316. The van der Waals surface area contributed by atoms with Crippen LogP contribution in [-0.4, -0.2) is 0 Å². The van der Waals surface area contributed by atoms with Crippen LogP contribution in [0.5, 0.6) is 0 Å². The van der Waals surface area contributed by atoms with Crippen molar-refractivity contribution in [2.45, 2.75) is 0 Å². The van der Waals surface area contributed by atoms with Crippen LogP contribution in [0.15, 0.2) is 36.4 Å². The molecule has 0 bridgehead atoms. The van der Waals surface area contributed by atoms with Crippen LogP contribution in [-0.2, 0) is 0 Å². The molecule has 3 aromatic rings. The summed E-state index contributed by atoms with van der Waals surface area (Å²) in [5.74, 6) is -0.726. The second kappa shape index (κ2) is 3.27. The molecular formula is C14H6F2. The molecular weight excluding hydrogens is 206 g/mol. The lowest BCUT2D eigenvalue weighted by Gasteiger charge is -2.02. The van der Waals surface area contributed by atoms with Gasteiger partial charge in [0, 0.05) is 11.5 Å². The number of hydrogen-bond donors (Lipinski definition) is 0. The van der Waals surface area contributed by atoms with Gasteiger partial charge in [0.25, 0.3) is 0 Å². The zero-order valence-electron chi connectivity index (χ0n) is 8.22. The molecule has 0 unspecified atom stereocenters. The van der Waals surface area contributed by atoms with Gasteiger partial charge in [0.15, 0.2) is 0 Å². The van der Waals surface area contributed by atoms with Crippen LogP contribution in [0.2, 0.25) is 0 Å². The Balaban J connectivity index is 2.49. The summed E-state index contributed by atoms with van der Waals surface area (Å²) in [6.07, 6.45) is 0. The van der Waals surface area contributed by atoms with E-state index >= 15 is 0 Å². The first-order valence-corrected chi connectivity index (χ1v) is 4.84. The second-order valence-electron chi connectivity index (χ2n) is 3.65. The van der Waals surface area contributed by atoms with Crippen molar-refractivity contribution in [2.24, 2.45) is 0 Å². The van der Waals surface area contributed by atoms with Crippen LogP contribution < -0.4 is 0 Å². The molecule has 0 spiro atoms. The Hall–Kier alpha value is -1.96. The maximum atomic E-state index is 13.5. The van der Waals surface area contributed by atoms with Crippen LogP contribution in [0.25, 0.3) is 21.5 Å². The average molecular weight is 212 g/mol. The Labute approximate surface area is 91.1 Å². The molecule has 2 heteroatoms. The van der Waals surface area contributed by atoms with E-state index in [0.717, 1.165) is 16.2 Å². The minimum Gasteiger partial charge on any atom is -0.206 e. The van der Waals surface area contributed by atoms with Gasteiger partial charge in [-0.25, -0.2) is 8.78 Å². The van der Waals surface area contributed by atoms with Crippen molar-refractivity contribution in [1.29, 1.82) is 0 Å². The molecule has 0 nitrogen and oxygen atoms in total. The van der Waals surface area contributed by atoms with Crippen molar-refractivity contribution >= 4 is 21.5 Å². The predicted molar refractivity (Wildman–Crippen MR) is 59.0 cm³/mol. The van der Waals surface area contributed by atoms with E-state index in [9.17, 15) is 8.78 Å². The van der Waals surface area contributed by atoms with Crippen LogP contribution in [0.4, 0.5) is 8.78 Å². The molecule has 0 saturated carbocycles. The first-order chi connectivity index (χ1) is 7.74. The van der Waals surface area contributed by atoms with Crippen molar-refractivity contribution in [3.63, 3.8) is 0 Å². The van der Waals surface area contributed by atoms with Gasteiger partial charge in [0.1, 0.15) is 11.6 Å². The summed E-state index contributed by atoms with van der Waals surface area (Å²) in [6, 6.07) is 14.5. The SMILES string of the molecule is Fc1[c]cc2cc3c(F)c[c]cc3cc2c1. The van der Waals surface area contributed by atoms with Gasteiger partial charge in [-0.05, 0) is 58.6 Å². The summed E-state index contributed by atoms with van der Waals surface area (Å²) in [7, 11) is 0. The standard InChI is InChI=1S/C14H6F2/c15-12-5-4-9-8-13-10(6-11(9)7-12)2-1-3-14(13)16/h2-4,6-8H. The van der Waals surface area contributed by atoms with E-state index in [-0.39, 0.29) is 5.82 Å².